The SMILES string of the molecule is C/C=C(\Br)C(C)OC. The zero-order valence-electron chi connectivity index (χ0n) is 5.44. The minimum absolute atomic E-state index is 0.194. The summed E-state index contributed by atoms with van der Waals surface area (Å²) in [6.07, 6.45) is 2.17. The van der Waals surface area contributed by atoms with Crippen LogP contribution in [0.4, 0.5) is 0 Å². The molecule has 0 spiro atoms. The van der Waals surface area contributed by atoms with E-state index in [-0.39, 0.29) is 6.10 Å². The van der Waals surface area contributed by atoms with Gasteiger partial charge in [-0.1, -0.05) is 22.0 Å². The third-order valence-corrected chi connectivity index (χ3v) is 2.12. The van der Waals surface area contributed by atoms with Crippen LogP contribution in [0.5, 0.6) is 0 Å². The summed E-state index contributed by atoms with van der Waals surface area (Å²) < 4.78 is 6.08. The summed E-state index contributed by atoms with van der Waals surface area (Å²) in [4.78, 5) is 0. The van der Waals surface area contributed by atoms with Crippen molar-refractivity contribution in [1.82, 2.24) is 0 Å². The standard InChI is InChI=1S/C6H11BrO/c1-4-6(7)5(2)8-3/h4-5H,1-3H3/b6-4-. The van der Waals surface area contributed by atoms with E-state index in [1.54, 1.807) is 7.11 Å². The van der Waals surface area contributed by atoms with E-state index in [4.69, 9.17) is 4.74 Å². The molecule has 0 rings (SSSR count). The minimum Gasteiger partial charge on any atom is -0.377 e. The van der Waals surface area contributed by atoms with Gasteiger partial charge in [-0.2, -0.15) is 0 Å². The van der Waals surface area contributed by atoms with Gasteiger partial charge in [0.25, 0.3) is 0 Å². The van der Waals surface area contributed by atoms with Gasteiger partial charge in [-0.15, -0.1) is 0 Å². The molecule has 2 heteroatoms. The molecule has 1 atom stereocenters. The third-order valence-electron chi connectivity index (χ3n) is 1.02. The largest absolute Gasteiger partial charge is 0.377 e. The average Bonchev–Trinajstić information content (AvgIpc) is 1.84. The summed E-state index contributed by atoms with van der Waals surface area (Å²) in [5.41, 5.74) is 0. The lowest BCUT2D eigenvalue weighted by Gasteiger charge is -2.05. The summed E-state index contributed by atoms with van der Waals surface area (Å²) in [6, 6.07) is 0. The first-order valence-corrected chi connectivity index (χ1v) is 3.36. The van der Waals surface area contributed by atoms with Gasteiger partial charge in [0.15, 0.2) is 0 Å². The van der Waals surface area contributed by atoms with Gasteiger partial charge in [-0.3, -0.25) is 0 Å². The maximum Gasteiger partial charge on any atom is 0.0854 e. The second kappa shape index (κ2) is 4.10. The van der Waals surface area contributed by atoms with E-state index in [9.17, 15) is 0 Å². The molecule has 0 saturated carbocycles. The third kappa shape index (κ3) is 2.48. The number of rotatable bonds is 2. The Balaban J connectivity index is 3.63. The molecule has 0 bridgehead atoms. The maximum absolute atomic E-state index is 4.99. The van der Waals surface area contributed by atoms with Crippen LogP contribution in [-0.2, 0) is 4.74 Å². The number of hydrogen-bond acceptors (Lipinski definition) is 1. The maximum atomic E-state index is 4.99. The van der Waals surface area contributed by atoms with Crippen molar-refractivity contribution in [3.05, 3.63) is 10.6 Å². The number of allylic oxidation sites excluding steroid dienone is 1. The molecule has 0 aliphatic rings. The molecule has 0 aliphatic heterocycles. The van der Waals surface area contributed by atoms with Crippen molar-refractivity contribution in [1.29, 1.82) is 0 Å². The second-order valence-corrected chi connectivity index (χ2v) is 2.47. The highest BCUT2D eigenvalue weighted by Crippen LogP contribution is 2.11. The number of hydrogen-bond donors (Lipinski definition) is 0. The van der Waals surface area contributed by atoms with Crippen molar-refractivity contribution in [3.63, 3.8) is 0 Å². The van der Waals surface area contributed by atoms with Crippen molar-refractivity contribution in [2.45, 2.75) is 20.0 Å². The van der Waals surface area contributed by atoms with Gasteiger partial charge in [0.05, 0.1) is 6.10 Å². The molecule has 0 amide bonds. The van der Waals surface area contributed by atoms with E-state index in [1.165, 1.54) is 0 Å². The first-order valence-electron chi connectivity index (χ1n) is 2.56. The number of halogens is 1. The van der Waals surface area contributed by atoms with Crippen LogP contribution in [0.15, 0.2) is 10.6 Å². The molecule has 0 aromatic rings. The summed E-state index contributed by atoms with van der Waals surface area (Å²) in [5.74, 6) is 0. The Bertz CT molecular complexity index is 88.5. The Kier molecular flexibility index (Phi) is 4.19. The monoisotopic (exact) mass is 178 g/mol. The van der Waals surface area contributed by atoms with Gasteiger partial charge >= 0.3 is 0 Å². The van der Waals surface area contributed by atoms with Crippen molar-refractivity contribution >= 4 is 15.9 Å². The van der Waals surface area contributed by atoms with E-state index >= 15 is 0 Å². The summed E-state index contributed by atoms with van der Waals surface area (Å²) in [7, 11) is 1.69. The molecule has 0 heterocycles. The summed E-state index contributed by atoms with van der Waals surface area (Å²) in [6.45, 7) is 3.96. The highest BCUT2D eigenvalue weighted by atomic mass is 79.9. The second-order valence-electron chi connectivity index (χ2n) is 1.55. The van der Waals surface area contributed by atoms with Crippen LogP contribution in [0.2, 0.25) is 0 Å². The Labute approximate surface area is 58.9 Å². The lowest BCUT2D eigenvalue weighted by molar-refractivity contribution is 0.154. The lowest BCUT2D eigenvalue weighted by atomic mass is 10.4. The molecule has 0 aliphatic carbocycles. The van der Waals surface area contributed by atoms with Crippen LogP contribution in [0, 0.1) is 0 Å². The topological polar surface area (TPSA) is 9.23 Å². The Morgan fingerprint density at radius 1 is 1.75 bits per heavy atom. The van der Waals surface area contributed by atoms with Crippen LogP contribution in [-0.4, -0.2) is 13.2 Å². The molecule has 0 N–H and O–H groups in total. The Morgan fingerprint density at radius 2 is 2.25 bits per heavy atom. The summed E-state index contributed by atoms with van der Waals surface area (Å²) in [5, 5.41) is 0. The van der Waals surface area contributed by atoms with Crippen LogP contribution in [0.1, 0.15) is 13.8 Å². The van der Waals surface area contributed by atoms with Gasteiger partial charge in [0.2, 0.25) is 0 Å². The molecule has 0 saturated heterocycles. The van der Waals surface area contributed by atoms with Gasteiger partial charge in [0.1, 0.15) is 0 Å². The van der Waals surface area contributed by atoms with Crippen LogP contribution >= 0.6 is 15.9 Å². The highest BCUT2D eigenvalue weighted by Gasteiger charge is 1.99. The van der Waals surface area contributed by atoms with E-state index in [0.717, 1.165) is 4.48 Å². The quantitative estimate of drug-likeness (QED) is 0.631. The van der Waals surface area contributed by atoms with E-state index in [2.05, 4.69) is 15.9 Å². The average molecular weight is 179 g/mol. The molecule has 8 heavy (non-hydrogen) atoms. The molecular weight excluding hydrogens is 168 g/mol. The first kappa shape index (κ1) is 8.18. The zero-order valence-corrected chi connectivity index (χ0v) is 7.03. The van der Waals surface area contributed by atoms with Crippen molar-refractivity contribution < 1.29 is 4.74 Å². The van der Waals surface area contributed by atoms with Gasteiger partial charge in [-0.05, 0) is 13.8 Å². The van der Waals surface area contributed by atoms with Gasteiger partial charge in [-0.25, -0.2) is 0 Å². The number of ether oxygens (including phenoxy) is 1. The molecule has 0 radical (unpaired) electrons. The fraction of sp³-hybridized carbons (Fsp3) is 0.667. The molecule has 48 valence electrons. The fourth-order valence-corrected chi connectivity index (χ4v) is 0.534. The van der Waals surface area contributed by atoms with E-state index in [1.807, 2.05) is 19.9 Å². The van der Waals surface area contributed by atoms with E-state index < -0.39 is 0 Å². The highest BCUT2D eigenvalue weighted by molar-refractivity contribution is 9.11. The molecule has 1 nitrogen and oxygen atoms in total. The first-order chi connectivity index (χ1) is 3.72. The minimum atomic E-state index is 0.194. The lowest BCUT2D eigenvalue weighted by Crippen LogP contribution is -2.02. The van der Waals surface area contributed by atoms with Crippen molar-refractivity contribution in [2.24, 2.45) is 0 Å². The molecule has 0 fully saturated rings. The molecule has 0 aromatic carbocycles. The Morgan fingerprint density at radius 3 is 2.38 bits per heavy atom. The van der Waals surface area contributed by atoms with Gasteiger partial charge in [0, 0.05) is 11.6 Å². The zero-order chi connectivity index (χ0) is 6.57. The van der Waals surface area contributed by atoms with Crippen LogP contribution in [0.25, 0.3) is 0 Å². The van der Waals surface area contributed by atoms with Crippen LogP contribution < -0.4 is 0 Å². The van der Waals surface area contributed by atoms with Crippen molar-refractivity contribution in [2.75, 3.05) is 7.11 Å². The molecule has 0 aromatic heterocycles. The Hall–Kier alpha value is 0.180. The predicted molar refractivity (Wildman–Crippen MR) is 39.2 cm³/mol. The predicted octanol–water partition coefficient (Wildman–Crippen LogP) is 2.32. The van der Waals surface area contributed by atoms with Crippen molar-refractivity contribution in [3.8, 4) is 0 Å². The van der Waals surface area contributed by atoms with Crippen LogP contribution in [0.3, 0.4) is 0 Å². The normalized spacial score (nSPS) is 16.2. The summed E-state index contributed by atoms with van der Waals surface area (Å²) >= 11 is 3.34. The molecule has 1 unspecified atom stereocenters. The van der Waals surface area contributed by atoms with Gasteiger partial charge < -0.3 is 4.74 Å². The van der Waals surface area contributed by atoms with E-state index in [0.29, 0.717) is 0 Å². The smallest absolute Gasteiger partial charge is 0.0854 e. The molecular formula is C6H11BrO. The number of methoxy groups -OCH3 is 1. The fourth-order valence-electron chi connectivity index (χ4n) is 0.347.